The van der Waals surface area contributed by atoms with E-state index in [2.05, 4.69) is 16.5 Å². The van der Waals surface area contributed by atoms with Crippen molar-refractivity contribution in [3.05, 3.63) is 40.7 Å². The molecule has 0 atom stereocenters. The van der Waals surface area contributed by atoms with Gasteiger partial charge in [0.1, 0.15) is 5.82 Å². The number of nitrogens with one attached hydrogen (secondary N) is 1. The first-order valence-corrected chi connectivity index (χ1v) is 3.98. The van der Waals surface area contributed by atoms with E-state index >= 15 is 0 Å². The Hall–Kier alpha value is -2.17. The van der Waals surface area contributed by atoms with Crippen LogP contribution in [0.2, 0.25) is 0 Å². The van der Waals surface area contributed by atoms with Gasteiger partial charge in [0.2, 0.25) is 0 Å². The summed E-state index contributed by atoms with van der Waals surface area (Å²) in [4.78, 5) is 17.1. The summed E-state index contributed by atoms with van der Waals surface area (Å²) >= 11 is 0. The van der Waals surface area contributed by atoms with E-state index in [9.17, 15) is 10.1 Å². The van der Waals surface area contributed by atoms with E-state index in [0.29, 0.717) is 16.9 Å². The summed E-state index contributed by atoms with van der Waals surface area (Å²) in [6.45, 7) is 3.54. The summed E-state index contributed by atoms with van der Waals surface area (Å²) in [5.41, 5.74) is 1.02. The second-order valence-electron chi connectivity index (χ2n) is 2.76. The fourth-order valence-corrected chi connectivity index (χ4v) is 1.28. The number of benzene rings is 1. The minimum Gasteiger partial charge on any atom is -0.338 e. The number of aromatic nitrogens is 2. The van der Waals surface area contributed by atoms with Crippen LogP contribution in [-0.4, -0.2) is 14.9 Å². The van der Waals surface area contributed by atoms with Crippen molar-refractivity contribution in [3.63, 3.8) is 0 Å². The summed E-state index contributed by atoms with van der Waals surface area (Å²) in [6.07, 6.45) is 1.52. The lowest BCUT2D eigenvalue weighted by atomic mass is 10.3. The lowest BCUT2D eigenvalue weighted by Crippen LogP contribution is -1.88. The van der Waals surface area contributed by atoms with Crippen LogP contribution in [0.4, 0.5) is 5.69 Å². The van der Waals surface area contributed by atoms with Crippen molar-refractivity contribution in [1.82, 2.24) is 9.97 Å². The smallest absolute Gasteiger partial charge is 0.297 e. The predicted molar refractivity (Wildman–Crippen MR) is 52.8 cm³/mol. The third-order valence-electron chi connectivity index (χ3n) is 1.90. The SMILES string of the molecule is C=Cc1nc2c([N+](=O)[O-])cccc2[nH]1. The van der Waals surface area contributed by atoms with E-state index < -0.39 is 4.92 Å². The molecule has 70 valence electrons. The fourth-order valence-electron chi connectivity index (χ4n) is 1.28. The van der Waals surface area contributed by atoms with Gasteiger partial charge in [0.05, 0.1) is 10.4 Å². The van der Waals surface area contributed by atoms with Crippen molar-refractivity contribution in [2.24, 2.45) is 0 Å². The molecule has 14 heavy (non-hydrogen) atoms. The molecule has 0 saturated heterocycles. The largest absolute Gasteiger partial charge is 0.338 e. The van der Waals surface area contributed by atoms with Gasteiger partial charge in [0, 0.05) is 6.07 Å². The Bertz CT molecular complexity index is 516. The van der Waals surface area contributed by atoms with Crippen LogP contribution >= 0.6 is 0 Å². The number of hydrogen-bond donors (Lipinski definition) is 1. The summed E-state index contributed by atoms with van der Waals surface area (Å²) < 4.78 is 0. The van der Waals surface area contributed by atoms with Crippen molar-refractivity contribution in [3.8, 4) is 0 Å². The second kappa shape index (κ2) is 2.95. The van der Waals surface area contributed by atoms with Crippen LogP contribution in [0.15, 0.2) is 24.8 Å². The van der Waals surface area contributed by atoms with Gasteiger partial charge < -0.3 is 4.98 Å². The molecule has 1 aromatic carbocycles. The maximum atomic E-state index is 10.6. The zero-order valence-electron chi connectivity index (χ0n) is 7.23. The van der Waals surface area contributed by atoms with Gasteiger partial charge in [-0.25, -0.2) is 4.98 Å². The van der Waals surface area contributed by atoms with Crippen LogP contribution in [0.25, 0.3) is 17.1 Å². The van der Waals surface area contributed by atoms with Gasteiger partial charge in [-0.15, -0.1) is 0 Å². The topological polar surface area (TPSA) is 71.8 Å². The van der Waals surface area contributed by atoms with Gasteiger partial charge in [-0.1, -0.05) is 12.6 Å². The normalized spacial score (nSPS) is 10.3. The van der Waals surface area contributed by atoms with Crippen LogP contribution in [0.5, 0.6) is 0 Å². The number of para-hydroxylation sites is 1. The van der Waals surface area contributed by atoms with E-state index in [1.54, 1.807) is 12.1 Å². The molecule has 0 unspecified atom stereocenters. The minimum absolute atomic E-state index is 0.00634. The Kier molecular flexibility index (Phi) is 1.78. The Labute approximate surface area is 79.2 Å². The Balaban J connectivity index is 2.79. The zero-order chi connectivity index (χ0) is 10.1. The number of hydrogen-bond acceptors (Lipinski definition) is 3. The monoisotopic (exact) mass is 189 g/mol. The summed E-state index contributed by atoms with van der Waals surface area (Å²) in [5.74, 6) is 0.536. The standard InChI is InChI=1S/C9H7N3O2/c1-2-8-10-6-4-3-5-7(12(13)14)9(6)11-8/h2-5H,1H2,(H,10,11). The third kappa shape index (κ3) is 1.15. The third-order valence-corrected chi connectivity index (χ3v) is 1.90. The van der Waals surface area contributed by atoms with Gasteiger partial charge in [0.25, 0.3) is 5.69 Å². The van der Waals surface area contributed by atoms with Gasteiger partial charge in [-0.2, -0.15) is 0 Å². The number of H-pyrrole nitrogens is 1. The van der Waals surface area contributed by atoms with Crippen LogP contribution in [0.1, 0.15) is 5.82 Å². The molecule has 1 heterocycles. The molecule has 2 aromatic rings. The van der Waals surface area contributed by atoms with Crippen molar-refractivity contribution < 1.29 is 4.92 Å². The second-order valence-corrected chi connectivity index (χ2v) is 2.76. The molecule has 5 nitrogen and oxygen atoms in total. The summed E-state index contributed by atoms with van der Waals surface area (Å²) in [5, 5.41) is 10.6. The van der Waals surface area contributed by atoms with Gasteiger partial charge >= 0.3 is 0 Å². The number of aromatic amines is 1. The first-order chi connectivity index (χ1) is 6.72. The predicted octanol–water partition coefficient (Wildman–Crippen LogP) is 2.11. The highest BCUT2D eigenvalue weighted by Gasteiger charge is 2.13. The number of nitro groups is 1. The van der Waals surface area contributed by atoms with E-state index in [1.807, 2.05) is 0 Å². The molecule has 0 amide bonds. The summed E-state index contributed by atoms with van der Waals surface area (Å²) in [7, 11) is 0. The number of fused-ring (bicyclic) bond motifs is 1. The first kappa shape index (κ1) is 8.43. The fraction of sp³-hybridized carbons (Fsp3) is 0. The molecular formula is C9H7N3O2. The van der Waals surface area contributed by atoms with Crippen molar-refractivity contribution in [2.45, 2.75) is 0 Å². The average Bonchev–Trinajstić information content (AvgIpc) is 2.59. The molecule has 1 aromatic heterocycles. The van der Waals surface area contributed by atoms with Crippen LogP contribution in [0, 0.1) is 10.1 Å². The number of imidazole rings is 1. The minimum atomic E-state index is -0.448. The highest BCUT2D eigenvalue weighted by molar-refractivity contribution is 5.85. The Morgan fingerprint density at radius 2 is 2.36 bits per heavy atom. The molecule has 0 fully saturated rings. The molecular weight excluding hydrogens is 182 g/mol. The number of nitro benzene ring substituents is 1. The Morgan fingerprint density at radius 3 is 3.00 bits per heavy atom. The maximum Gasteiger partial charge on any atom is 0.297 e. The Morgan fingerprint density at radius 1 is 1.57 bits per heavy atom. The van der Waals surface area contributed by atoms with Crippen LogP contribution in [-0.2, 0) is 0 Å². The van der Waals surface area contributed by atoms with E-state index in [1.165, 1.54) is 12.1 Å². The van der Waals surface area contributed by atoms with Gasteiger partial charge in [0.15, 0.2) is 5.52 Å². The highest BCUT2D eigenvalue weighted by Crippen LogP contribution is 2.23. The molecule has 2 rings (SSSR count). The van der Waals surface area contributed by atoms with Crippen LogP contribution < -0.4 is 0 Å². The van der Waals surface area contributed by atoms with E-state index in [-0.39, 0.29) is 5.69 Å². The number of rotatable bonds is 2. The van der Waals surface area contributed by atoms with Crippen molar-refractivity contribution >= 4 is 22.8 Å². The highest BCUT2D eigenvalue weighted by atomic mass is 16.6. The molecule has 5 heteroatoms. The molecule has 0 radical (unpaired) electrons. The molecule has 0 aliphatic carbocycles. The van der Waals surface area contributed by atoms with Crippen molar-refractivity contribution in [2.75, 3.05) is 0 Å². The van der Waals surface area contributed by atoms with Crippen molar-refractivity contribution in [1.29, 1.82) is 0 Å². The van der Waals surface area contributed by atoms with Gasteiger partial charge in [-0.3, -0.25) is 10.1 Å². The summed E-state index contributed by atoms with van der Waals surface area (Å²) in [6, 6.07) is 4.78. The molecule has 0 saturated carbocycles. The molecule has 0 spiro atoms. The molecule has 0 bridgehead atoms. The lowest BCUT2D eigenvalue weighted by Gasteiger charge is -1.90. The zero-order valence-corrected chi connectivity index (χ0v) is 7.23. The lowest BCUT2D eigenvalue weighted by molar-refractivity contribution is -0.383. The average molecular weight is 189 g/mol. The van der Waals surface area contributed by atoms with Gasteiger partial charge in [-0.05, 0) is 12.1 Å². The van der Waals surface area contributed by atoms with E-state index in [0.717, 1.165) is 0 Å². The van der Waals surface area contributed by atoms with E-state index in [4.69, 9.17) is 0 Å². The maximum absolute atomic E-state index is 10.6. The number of nitrogens with zero attached hydrogens (tertiary/aromatic N) is 2. The molecule has 0 aliphatic rings. The van der Waals surface area contributed by atoms with Crippen LogP contribution in [0.3, 0.4) is 0 Å². The first-order valence-electron chi connectivity index (χ1n) is 3.98. The molecule has 1 N–H and O–H groups in total. The molecule has 0 aliphatic heterocycles. The number of non-ortho nitro benzene ring substituents is 1. The quantitative estimate of drug-likeness (QED) is 0.580.